The highest BCUT2D eigenvalue weighted by molar-refractivity contribution is 6.39. The largest absolute Gasteiger partial charge is 0.462 e. The van der Waals surface area contributed by atoms with Crippen LogP contribution < -0.4 is 10.2 Å². The van der Waals surface area contributed by atoms with Crippen LogP contribution in [0.1, 0.15) is 45.1 Å². The summed E-state index contributed by atoms with van der Waals surface area (Å²) < 4.78 is 4.97. The molecule has 0 saturated carbocycles. The van der Waals surface area contributed by atoms with Gasteiger partial charge >= 0.3 is 12.0 Å². The van der Waals surface area contributed by atoms with Crippen LogP contribution >= 0.6 is 0 Å². The number of anilines is 1. The molecule has 4 rings (SSSR count). The molecule has 36 heavy (non-hydrogen) atoms. The number of hydrogen-bond donors (Lipinski definition) is 1. The molecule has 1 fully saturated rings. The van der Waals surface area contributed by atoms with Crippen molar-refractivity contribution in [2.45, 2.75) is 27.2 Å². The van der Waals surface area contributed by atoms with E-state index >= 15 is 0 Å². The van der Waals surface area contributed by atoms with Gasteiger partial charge in [0.05, 0.1) is 17.9 Å². The van der Waals surface area contributed by atoms with E-state index in [9.17, 15) is 19.2 Å². The lowest BCUT2D eigenvalue weighted by molar-refractivity contribution is -0.122. The number of amides is 4. The van der Waals surface area contributed by atoms with Crippen molar-refractivity contribution in [3.05, 3.63) is 106 Å². The third kappa shape index (κ3) is 5.25. The number of nitrogens with zero attached hydrogens (tertiary/aromatic N) is 1. The summed E-state index contributed by atoms with van der Waals surface area (Å²) in [5, 5.41) is 2.24. The number of benzene rings is 3. The molecule has 3 aromatic rings. The summed E-state index contributed by atoms with van der Waals surface area (Å²) in [5.74, 6) is -2.01. The van der Waals surface area contributed by atoms with Gasteiger partial charge in [0.15, 0.2) is 0 Å². The normalized spacial score (nSPS) is 14.7. The van der Waals surface area contributed by atoms with Crippen LogP contribution in [0.4, 0.5) is 10.5 Å². The van der Waals surface area contributed by atoms with Crippen LogP contribution in [0.3, 0.4) is 0 Å². The average Bonchev–Trinajstić information content (AvgIpc) is 2.82. The third-order valence-electron chi connectivity index (χ3n) is 5.77. The van der Waals surface area contributed by atoms with Crippen molar-refractivity contribution in [1.29, 1.82) is 0 Å². The van der Waals surface area contributed by atoms with E-state index in [4.69, 9.17) is 4.74 Å². The standard InChI is InChI=1S/C29H26N2O5/c1-4-36-28(34)21-9-11-24(12-10-21)31-27(33)25(26(32)30-29(31)35)17-23-8-6-5-7-22(23)16-20-14-18(2)13-19(3)15-20/h5-15,17H,4,16H2,1-3H3,(H,30,32,35)/b25-17+. The number of aryl methyl sites for hydroxylation is 2. The second kappa shape index (κ2) is 10.4. The Morgan fingerprint density at radius 2 is 1.61 bits per heavy atom. The minimum absolute atomic E-state index is 0.156. The summed E-state index contributed by atoms with van der Waals surface area (Å²) in [6.07, 6.45) is 2.14. The first kappa shape index (κ1) is 24.6. The molecule has 1 saturated heterocycles. The van der Waals surface area contributed by atoms with Gasteiger partial charge in [0.2, 0.25) is 0 Å². The van der Waals surface area contributed by atoms with Crippen molar-refractivity contribution in [2.24, 2.45) is 0 Å². The van der Waals surface area contributed by atoms with Crippen LogP contribution in [-0.4, -0.2) is 30.4 Å². The molecule has 1 N–H and O–H groups in total. The van der Waals surface area contributed by atoms with E-state index in [1.165, 1.54) is 30.3 Å². The monoisotopic (exact) mass is 482 g/mol. The van der Waals surface area contributed by atoms with Crippen molar-refractivity contribution in [1.82, 2.24) is 5.32 Å². The van der Waals surface area contributed by atoms with Gasteiger partial charge in [-0.2, -0.15) is 0 Å². The van der Waals surface area contributed by atoms with Crippen molar-refractivity contribution in [3.8, 4) is 0 Å². The highest BCUT2D eigenvalue weighted by atomic mass is 16.5. The van der Waals surface area contributed by atoms with Gasteiger partial charge in [-0.25, -0.2) is 14.5 Å². The van der Waals surface area contributed by atoms with E-state index in [1.807, 2.05) is 38.1 Å². The summed E-state index contributed by atoms with van der Waals surface area (Å²) in [4.78, 5) is 51.3. The number of nitrogens with one attached hydrogen (secondary N) is 1. The Kier molecular flexibility index (Phi) is 7.10. The lowest BCUT2D eigenvalue weighted by Crippen LogP contribution is -2.54. The maximum absolute atomic E-state index is 13.3. The molecule has 7 heteroatoms. The van der Waals surface area contributed by atoms with Gasteiger partial charge in [-0.3, -0.25) is 14.9 Å². The molecule has 182 valence electrons. The maximum atomic E-state index is 13.3. The highest BCUT2D eigenvalue weighted by Gasteiger charge is 2.37. The molecule has 0 radical (unpaired) electrons. The molecule has 0 aliphatic carbocycles. The Bertz CT molecular complexity index is 1370. The first-order valence-electron chi connectivity index (χ1n) is 11.6. The van der Waals surface area contributed by atoms with Gasteiger partial charge < -0.3 is 4.74 Å². The number of ether oxygens (including phenoxy) is 1. The average molecular weight is 483 g/mol. The number of esters is 1. The molecule has 1 heterocycles. The maximum Gasteiger partial charge on any atom is 0.338 e. The fraction of sp³-hybridized carbons (Fsp3) is 0.172. The third-order valence-corrected chi connectivity index (χ3v) is 5.77. The Balaban J connectivity index is 1.66. The smallest absolute Gasteiger partial charge is 0.338 e. The van der Waals surface area contributed by atoms with Crippen LogP contribution in [-0.2, 0) is 20.7 Å². The Hall–Kier alpha value is -4.52. The molecule has 1 aliphatic rings. The lowest BCUT2D eigenvalue weighted by atomic mass is 9.95. The van der Waals surface area contributed by atoms with Gasteiger partial charge in [-0.15, -0.1) is 0 Å². The predicted octanol–water partition coefficient (Wildman–Crippen LogP) is 4.74. The van der Waals surface area contributed by atoms with E-state index in [0.29, 0.717) is 12.0 Å². The van der Waals surface area contributed by atoms with Crippen LogP contribution in [0.15, 0.2) is 72.3 Å². The molecule has 0 unspecified atom stereocenters. The zero-order chi connectivity index (χ0) is 25.8. The van der Waals surface area contributed by atoms with E-state index < -0.39 is 23.8 Å². The second-order valence-corrected chi connectivity index (χ2v) is 8.60. The van der Waals surface area contributed by atoms with E-state index in [-0.39, 0.29) is 23.4 Å². The molecule has 7 nitrogen and oxygen atoms in total. The molecular formula is C29H26N2O5. The summed E-state index contributed by atoms with van der Waals surface area (Å²) >= 11 is 0. The van der Waals surface area contributed by atoms with Gasteiger partial charge in [0, 0.05) is 0 Å². The second-order valence-electron chi connectivity index (χ2n) is 8.60. The molecule has 4 amide bonds. The Labute approximate surface area is 209 Å². The Morgan fingerprint density at radius 1 is 0.944 bits per heavy atom. The highest BCUT2D eigenvalue weighted by Crippen LogP contribution is 2.25. The molecule has 0 bridgehead atoms. The van der Waals surface area contributed by atoms with Crippen LogP contribution in [0.5, 0.6) is 0 Å². The van der Waals surface area contributed by atoms with Crippen molar-refractivity contribution in [3.63, 3.8) is 0 Å². The summed E-state index contributed by atoms with van der Waals surface area (Å²) in [5.41, 5.74) is 5.45. The molecule has 3 aromatic carbocycles. The molecule has 0 spiro atoms. The quantitative estimate of drug-likeness (QED) is 0.311. The Morgan fingerprint density at radius 3 is 2.28 bits per heavy atom. The number of carbonyl (C=O) groups excluding carboxylic acids is 4. The topological polar surface area (TPSA) is 92.8 Å². The zero-order valence-corrected chi connectivity index (χ0v) is 20.3. The number of carbonyl (C=O) groups is 4. The van der Waals surface area contributed by atoms with Gasteiger partial charge in [-0.1, -0.05) is 53.6 Å². The van der Waals surface area contributed by atoms with Crippen LogP contribution in [0.25, 0.3) is 6.08 Å². The van der Waals surface area contributed by atoms with Crippen LogP contribution in [0, 0.1) is 13.8 Å². The number of barbiturate groups is 1. The van der Waals surface area contributed by atoms with Crippen molar-refractivity contribution >= 4 is 35.6 Å². The molecule has 1 aliphatic heterocycles. The fourth-order valence-electron chi connectivity index (χ4n) is 4.24. The van der Waals surface area contributed by atoms with Gasteiger partial charge in [0.1, 0.15) is 5.57 Å². The minimum atomic E-state index is -0.852. The molecule has 0 aromatic heterocycles. The summed E-state index contributed by atoms with van der Waals surface area (Å²) in [6.45, 7) is 6.02. The van der Waals surface area contributed by atoms with Gasteiger partial charge in [-0.05, 0) is 74.2 Å². The number of hydrogen-bond acceptors (Lipinski definition) is 5. The first-order chi connectivity index (χ1) is 17.3. The van der Waals surface area contributed by atoms with Crippen molar-refractivity contribution < 1.29 is 23.9 Å². The number of rotatable bonds is 6. The van der Waals surface area contributed by atoms with Crippen LogP contribution in [0.2, 0.25) is 0 Å². The predicted molar refractivity (Wildman–Crippen MR) is 137 cm³/mol. The molecular weight excluding hydrogens is 456 g/mol. The number of imide groups is 2. The SMILES string of the molecule is CCOC(=O)c1ccc(N2C(=O)NC(=O)/C(=C\c3ccccc3Cc3cc(C)cc(C)c3)C2=O)cc1. The van der Waals surface area contributed by atoms with E-state index in [0.717, 1.165) is 27.2 Å². The fourth-order valence-corrected chi connectivity index (χ4v) is 4.24. The lowest BCUT2D eigenvalue weighted by Gasteiger charge is -2.26. The van der Waals surface area contributed by atoms with E-state index in [2.05, 4.69) is 23.5 Å². The van der Waals surface area contributed by atoms with Gasteiger partial charge in [0.25, 0.3) is 11.8 Å². The summed E-state index contributed by atoms with van der Waals surface area (Å²) in [7, 11) is 0. The van der Waals surface area contributed by atoms with Crippen molar-refractivity contribution in [2.75, 3.05) is 11.5 Å². The summed E-state index contributed by atoms with van der Waals surface area (Å²) in [6, 6.07) is 18.8. The minimum Gasteiger partial charge on any atom is -0.462 e. The zero-order valence-electron chi connectivity index (χ0n) is 20.3. The van der Waals surface area contributed by atoms with E-state index in [1.54, 1.807) is 6.92 Å². The first-order valence-corrected chi connectivity index (χ1v) is 11.6. The molecule has 0 atom stereocenters. The number of urea groups is 1.